The molecule has 0 fully saturated rings. The van der Waals surface area contributed by atoms with E-state index in [4.69, 9.17) is 16.7 Å². The average molecular weight is 233 g/mol. The van der Waals surface area contributed by atoms with Crippen LogP contribution < -0.4 is 0 Å². The molecular formula is C10H13ClO2S. The highest BCUT2D eigenvalue weighted by molar-refractivity contribution is 7.16. The molecular weight excluding hydrogens is 220 g/mol. The fourth-order valence-corrected chi connectivity index (χ4v) is 2.46. The summed E-state index contributed by atoms with van der Waals surface area (Å²) in [6.07, 6.45) is 1.17. The van der Waals surface area contributed by atoms with Gasteiger partial charge in [-0.2, -0.15) is 0 Å². The first kappa shape index (κ1) is 11.5. The Balaban J connectivity index is 2.80. The maximum Gasteiger partial charge on any atom is 0.309 e. The highest BCUT2D eigenvalue weighted by atomic mass is 35.5. The molecule has 0 saturated heterocycles. The van der Waals surface area contributed by atoms with Gasteiger partial charge in [0, 0.05) is 4.88 Å². The first-order valence-electron chi connectivity index (χ1n) is 4.45. The molecule has 0 spiro atoms. The number of hydrogen-bond donors (Lipinski definition) is 1. The fraction of sp³-hybridized carbons (Fsp3) is 0.500. The van der Waals surface area contributed by atoms with E-state index in [9.17, 15) is 4.79 Å². The quantitative estimate of drug-likeness (QED) is 0.864. The second kappa shape index (κ2) is 4.32. The van der Waals surface area contributed by atoms with Crippen molar-refractivity contribution < 1.29 is 9.90 Å². The third kappa shape index (κ3) is 2.49. The van der Waals surface area contributed by atoms with Crippen LogP contribution in [0.1, 0.15) is 25.1 Å². The van der Waals surface area contributed by atoms with Crippen LogP contribution in [-0.4, -0.2) is 11.1 Å². The molecule has 2 nitrogen and oxygen atoms in total. The molecule has 0 bridgehead atoms. The fourth-order valence-electron chi connectivity index (χ4n) is 1.18. The Bertz CT molecular complexity index is 335. The van der Waals surface area contributed by atoms with Crippen LogP contribution in [0, 0.1) is 5.41 Å². The Labute approximate surface area is 92.5 Å². The van der Waals surface area contributed by atoms with E-state index in [2.05, 4.69) is 0 Å². The summed E-state index contributed by atoms with van der Waals surface area (Å²) in [5.41, 5.74) is -0.672. The summed E-state index contributed by atoms with van der Waals surface area (Å²) in [6.45, 7) is 3.66. The van der Waals surface area contributed by atoms with Crippen molar-refractivity contribution in [2.75, 3.05) is 0 Å². The Kier molecular flexibility index (Phi) is 3.56. The van der Waals surface area contributed by atoms with Crippen molar-refractivity contribution in [1.29, 1.82) is 0 Å². The van der Waals surface area contributed by atoms with E-state index >= 15 is 0 Å². The minimum Gasteiger partial charge on any atom is -0.481 e. The van der Waals surface area contributed by atoms with Gasteiger partial charge in [0.15, 0.2) is 0 Å². The van der Waals surface area contributed by atoms with Crippen molar-refractivity contribution in [2.45, 2.75) is 26.7 Å². The molecule has 1 rings (SSSR count). The van der Waals surface area contributed by atoms with Gasteiger partial charge in [-0.3, -0.25) is 4.79 Å². The van der Waals surface area contributed by atoms with Crippen LogP contribution >= 0.6 is 22.9 Å². The van der Waals surface area contributed by atoms with E-state index in [-0.39, 0.29) is 0 Å². The zero-order valence-electron chi connectivity index (χ0n) is 8.21. The number of halogens is 1. The van der Waals surface area contributed by atoms with Gasteiger partial charge in [-0.15, -0.1) is 11.3 Å². The molecule has 1 aromatic rings. The molecule has 0 saturated carbocycles. The largest absolute Gasteiger partial charge is 0.481 e. The molecule has 1 atom stereocenters. The van der Waals surface area contributed by atoms with Crippen LogP contribution in [0.2, 0.25) is 4.34 Å². The summed E-state index contributed by atoms with van der Waals surface area (Å²) in [5, 5.41) is 9.07. The summed E-state index contributed by atoms with van der Waals surface area (Å²) in [5.74, 6) is -0.746. The van der Waals surface area contributed by atoms with E-state index in [1.165, 1.54) is 11.3 Å². The average Bonchev–Trinajstić information content (AvgIpc) is 2.50. The number of carboxylic acid groups (broad SMARTS) is 1. The summed E-state index contributed by atoms with van der Waals surface area (Å²) in [4.78, 5) is 12.1. The van der Waals surface area contributed by atoms with Gasteiger partial charge in [0.1, 0.15) is 0 Å². The van der Waals surface area contributed by atoms with Crippen LogP contribution in [0.25, 0.3) is 0 Å². The molecule has 4 heteroatoms. The maximum absolute atomic E-state index is 11.0. The lowest BCUT2D eigenvalue weighted by atomic mass is 9.84. The third-order valence-corrected chi connectivity index (χ3v) is 3.72. The van der Waals surface area contributed by atoms with Gasteiger partial charge >= 0.3 is 5.97 Å². The highest BCUT2D eigenvalue weighted by Crippen LogP contribution is 2.31. The second-order valence-electron chi connectivity index (χ2n) is 3.60. The minimum absolute atomic E-state index is 0.552. The predicted molar refractivity (Wildman–Crippen MR) is 59.1 cm³/mol. The van der Waals surface area contributed by atoms with Crippen LogP contribution in [0.5, 0.6) is 0 Å². The zero-order valence-corrected chi connectivity index (χ0v) is 9.78. The van der Waals surface area contributed by atoms with Gasteiger partial charge in [-0.25, -0.2) is 0 Å². The van der Waals surface area contributed by atoms with Crippen LogP contribution in [0.3, 0.4) is 0 Å². The number of aliphatic carboxylic acids is 1. The van der Waals surface area contributed by atoms with E-state index < -0.39 is 11.4 Å². The number of carbonyl (C=O) groups is 1. The Hall–Kier alpha value is -0.540. The number of thiophene rings is 1. The smallest absolute Gasteiger partial charge is 0.309 e. The Morgan fingerprint density at radius 1 is 1.64 bits per heavy atom. The summed E-state index contributed by atoms with van der Waals surface area (Å²) in [7, 11) is 0. The summed E-state index contributed by atoms with van der Waals surface area (Å²) >= 11 is 7.23. The summed E-state index contributed by atoms with van der Waals surface area (Å²) in [6, 6.07) is 3.70. The second-order valence-corrected chi connectivity index (χ2v) is 5.40. The number of rotatable bonds is 4. The molecule has 78 valence electrons. The highest BCUT2D eigenvalue weighted by Gasteiger charge is 2.31. The van der Waals surface area contributed by atoms with Gasteiger partial charge in [-0.05, 0) is 31.9 Å². The lowest BCUT2D eigenvalue weighted by Gasteiger charge is -2.21. The molecule has 1 N–H and O–H groups in total. The standard InChI is InChI=1S/C10H13ClO2S/c1-3-10(2,9(12)13)6-7-4-5-8(11)14-7/h4-5H,3,6H2,1-2H3,(H,12,13). The summed E-state index contributed by atoms with van der Waals surface area (Å²) < 4.78 is 0.712. The van der Waals surface area contributed by atoms with E-state index in [0.717, 1.165) is 4.88 Å². The molecule has 0 aliphatic heterocycles. The number of hydrogen-bond acceptors (Lipinski definition) is 2. The molecule has 0 aromatic carbocycles. The zero-order chi connectivity index (χ0) is 10.8. The van der Waals surface area contributed by atoms with Crippen molar-refractivity contribution in [3.05, 3.63) is 21.3 Å². The van der Waals surface area contributed by atoms with Crippen molar-refractivity contribution in [2.24, 2.45) is 5.41 Å². The predicted octanol–water partition coefficient (Wildman–Crippen LogP) is 3.44. The molecule has 0 radical (unpaired) electrons. The first-order valence-corrected chi connectivity index (χ1v) is 5.65. The molecule has 0 amide bonds. The maximum atomic E-state index is 11.0. The van der Waals surface area contributed by atoms with Gasteiger partial charge in [-0.1, -0.05) is 18.5 Å². The number of carboxylic acids is 1. The monoisotopic (exact) mass is 232 g/mol. The van der Waals surface area contributed by atoms with Gasteiger partial charge in [0.25, 0.3) is 0 Å². The van der Waals surface area contributed by atoms with Crippen molar-refractivity contribution in [1.82, 2.24) is 0 Å². The molecule has 1 heterocycles. The third-order valence-electron chi connectivity index (χ3n) is 2.49. The van der Waals surface area contributed by atoms with Crippen molar-refractivity contribution in [3.8, 4) is 0 Å². The molecule has 1 aromatic heterocycles. The minimum atomic E-state index is -0.746. The van der Waals surface area contributed by atoms with Gasteiger partial charge in [0.05, 0.1) is 9.75 Å². The van der Waals surface area contributed by atoms with Crippen LogP contribution in [-0.2, 0) is 11.2 Å². The van der Waals surface area contributed by atoms with Crippen molar-refractivity contribution >= 4 is 28.9 Å². The molecule has 14 heavy (non-hydrogen) atoms. The lowest BCUT2D eigenvalue weighted by Crippen LogP contribution is -2.28. The lowest BCUT2D eigenvalue weighted by molar-refractivity contribution is -0.148. The van der Waals surface area contributed by atoms with Gasteiger partial charge < -0.3 is 5.11 Å². The molecule has 0 aliphatic carbocycles. The SMILES string of the molecule is CCC(C)(Cc1ccc(Cl)s1)C(=O)O. The van der Waals surface area contributed by atoms with Gasteiger partial charge in [0.2, 0.25) is 0 Å². The van der Waals surface area contributed by atoms with E-state index in [0.29, 0.717) is 17.2 Å². The van der Waals surface area contributed by atoms with Crippen LogP contribution in [0.4, 0.5) is 0 Å². The van der Waals surface area contributed by atoms with Crippen molar-refractivity contribution in [3.63, 3.8) is 0 Å². The van der Waals surface area contributed by atoms with E-state index in [1.807, 2.05) is 13.0 Å². The Morgan fingerprint density at radius 3 is 2.64 bits per heavy atom. The molecule has 1 unspecified atom stereocenters. The van der Waals surface area contributed by atoms with E-state index in [1.54, 1.807) is 13.0 Å². The normalized spacial score (nSPS) is 15.1. The van der Waals surface area contributed by atoms with Crippen LogP contribution in [0.15, 0.2) is 12.1 Å². The Morgan fingerprint density at radius 2 is 2.29 bits per heavy atom. The first-order chi connectivity index (χ1) is 6.48. The molecule has 0 aliphatic rings. The topological polar surface area (TPSA) is 37.3 Å².